The van der Waals surface area contributed by atoms with Crippen molar-refractivity contribution in [2.45, 2.75) is 13.5 Å². The fourth-order valence-electron chi connectivity index (χ4n) is 1.66. The molecule has 17 heavy (non-hydrogen) atoms. The van der Waals surface area contributed by atoms with Gasteiger partial charge in [0, 0.05) is 28.4 Å². The predicted molar refractivity (Wildman–Crippen MR) is 79.4 cm³/mol. The minimum absolute atomic E-state index is 0.693. The fourth-order valence-corrected chi connectivity index (χ4v) is 2.45. The molecule has 0 aliphatic carbocycles. The second-order valence-corrected chi connectivity index (χ2v) is 5.45. The number of hydrogen-bond donors (Lipinski definition) is 1. The van der Waals surface area contributed by atoms with Crippen molar-refractivity contribution in [1.29, 1.82) is 0 Å². The normalized spacial score (nSPS) is 10.6. The highest BCUT2D eigenvalue weighted by molar-refractivity contribution is 14.1. The zero-order valence-corrected chi connectivity index (χ0v) is 12.6. The van der Waals surface area contributed by atoms with E-state index in [0.717, 1.165) is 16.9 Å². The highest BCUT2D eigenvalue weighted by atomic mass is 127. The molecule has 0 atom stereocenters. The molecule has 1 aromatic heterocycles. The molecule has 90 valence electrons. The van der Waals surface area contributed by atoms with Crippen LogP contribution >= 0.6 is 34.2 Å². The topological polar surface area (TPSA) is 29.9 Å². The minimum Gasteiger partial charge on any atom is -0.381 e. The SMILES string of the molecule is Cc1nn(C)c(Cl)c1CNc1cccc(I)c1. The van der Waals surface area contributed by atoms with Gasteiger partial charge in [0.1, 0.15) is 5.15 Å². The van der Waals surface area contributed by atoms with Crippen LogP contribution in [0.5, 0.6) is 0 Å². The van der Waals surface area contributed by atoms with Gasteiger partial charge in [-0.2, -0.15) is 5.10 Å². The summed E-state index contributed by atoms with van der Waals surface area (Å²) >= 11 is 8.47. The Balaban J connectivity index is 2.12. The molecule has 0 amide bonds. The lowest BCUT2D eigenvalue weighted by Crippen LogP contribution is -2.00. The van der Waals surface area contributed by atoms with Crippen molar-refractivity contribution in [2.24, 2.45) is 7.05 Å². The van der Waals surface area contributed by atoms with Crippen LogP contribution in [0.1, 0.15) is 11.3 Å². The monoisotopic (exact) mass is 361 g/mol. The summed E-state index contributed by atoms with van der Waals surface area (Å²) in [6, 6.07) is 8.23. The number of nitrogens with zero attached hydrogens (tertiary/aromatic N) is 2. The van der Waals surface area contributed by atoms with Crippen molar-refractivity contribution in [3.8, 4) is 0 Å². The van der Waals surface area contributed by atoms with Crippen LogP contribution in [0.25, 0.3) is 0 Å². The van der Waals surface area contributed by atoms with Crippen LogP contribution in [0, 0.1) is 10.5 Å². The molecule has 0 spiro atoms. The highest BCUT2D eigenvalue weighted by Gasteiger charge is 2.10. The molecule has 0 saturated heterocycles. The van der Waals surface area contributed by atoms with Crippen LogP contribution in [-0.2, 0) is 13.6 Å². The third-order valence-corrected chi connectivity index (χ3v) is 3.71. The second-order valence-electron chi connectivity index (χ2n) is 3.84. The molecule has 0 unspecified atom stereocenters. The number of aromatic nitrogens is 2. The zero-order chi connectivity index (χ0) is 12.4. The highest BCUT2D eigenvalue weighted by Crippen LogP contribution is 2.20. The predicted octanol–water partition coefficient (Wildman–Crippen LogP) is 3.60. The summed E-state index contributed by atoms with van der Waals surface area (Å²) in [4.78, 5) is 0. The molecule has 0 saturated carbocycles. The van der Waals surface area contributed by atoms with Gasteiger partial charge < -0.3 is 5.32 Å². The van der Waals surface area contributed by atoms with Gasteiger partial charge >= 0.3 is 0 Å². The quantitative estimate of drug-likeness (QED) is 0.847. The van der Waals surface area contributed by atoms with Gasteiger partial charge in [-0.25, -0.2) is 0 Å². The van der Waals surface area contributed by atoms with E-state index in [9.17, 15) is 0 Å². The van der Waals surface area contributed by atoms with Gasteiger partial charge in [-0.05, 0) is 47.7 Å². The minimum atomic E-state index is 0.693. The molecule has 0 aliphatic heterocycles. The second kappa shape index (κ2) is 5.27. The van der Waals surface area contributed by atoms with E-state index in [0.29, 0.717) is 11.7 Å². The number of aryl methyl sites for hydroxylation is 2. The van der Waals surface area contributed by atoms with E-state index in [-0.39, 0.29) is 0 Å². The van der Waals surface area contributed by atoms with E-state index in [1.807, 2.05) is 26.1 Å². The first kappa shape index (κ1) is 12.7. The van der Waals surface area contributed by atoms with Gasteiger partial charge in [-0.1, -0.05) is 17.7 Å². The summed E-state index contributed by atoms with van der Waals surface area (Å²) in [5, 5.41) is 8.33. The lowest BCUT2D eigenvalue weighted by molar-refractivity contribution is 0.757. The Hall–Kier alpha value is -0.750. The van der Waals surface area contributed by atoms with Crippen molar-refractivity contribution >= 4 is 39.9 Å². The van der Waals surface area contributed by atoms with Gasteiger partial charge in [-0.15, -0.1) is 0 Å². The Morgan fingerprint density at radius 1 is 1.47 bits per heavy atom. The molecule has 0 fully saturated rings. The number of nitrogens with one attached hydrogen (secondary N) is 1. The Morgan fingerprint density at radius 2 is 2.24 bits per heavy atom. The molecule has 5 heteroatoms. The summed E-state index contributed by atoms with van der Waals surface area (Å²) in [6.45, 7) is 2.66. The molecule has 2 aromatic rings. The number of anilines is 1. The molecule has 2 rings (SSSR count). The Morgan fingerprint density at radius 3 is 2.82 bits per heavy atom. The molecule has 0 aliphatic rings. The molecule has 3 nitrogen and oxygen atoms in total. The first-order valence-electron chi connectivity index (χ1n) is 5.25. The summed E-state index contributed by atoms with van der Waals surface area (Å²) in [7, 11) is 1.85. The summed E-state index contributed by atoms with van der Waals surface area (Å²) < 4.78 is 2.91. The van der Waals surface area contributed by atoms with Crippen LogP contribution in [0.4, 0.5) is 5.69 Å². The molecule has 1 aromatic carbocycles. The van der Waals surface area contributed by atoms with Crippen molar-refractivity contribution in [2.75, 3.05) is 5.32 Å². The average molecular weight is 362 g/mol. The van der Waals surface area contributed by atoms with Crippen LogP contribution in [-0.4, -0.2) is 9.78 Å². The first-order chi connectivity index (χ1) is 8.08. The van der Waals surface area contributed by atoms with Gasteiger partial charge in [0.25, 0.3) is 0 Å². The van der Waals surface area contributed by atoms with Crippen molar-refractivity contribution < 1.29 is 0 Å². The first-order valence-corrected chi connectivity index (χ1v) is 6.71. The molecule has 1 heterocycles. The number of rotatable bonds is 3. The summed E-state index contributed by atoms with van der Waals surface area (Å²) in [5.41, 5.74) is 3.11. The third-order valence-electron chi connectivity index (χ3n) is 2.56. The smallest absolute Gasteiger partial charge is 0.131 e. The van der Waals surface area contributed by atoms with Crippen molar-refractivity contribution in [3.05, 3.63) is 44.2 Å². The number of benzene rings is 1. The molecule has 0 bridgehead atoms. The van der Waals surface area contributed by atoms with E-state index in [4.69, 9.17) is 11.6 Å². The van der Waals surface area contributed by atoms with Crippen LogP contribution in [0.2, 0.25) is 5.15 Å². The lowest BCUT2D eigenvalue weighted by atomic mass is 10.2. The lowest BCUT2D eigenvalue weighted by Gasteiger charge is -2.06. The van der Waals surface area contributed by atoms with Gasteiger partial charge in [0.15, 0.2) is 0 Å². The molecular formula is C12H13ClIN3. The van der Waals surface area contributed by atoms with Crippen LogP contribution in [0.3, 0.4) is 0 Å². The average Bonchev–Trinajstić information content (AvgIpc) is 2.51. The van der Waals surface area contributed by atoms with Gasteiger partial charge in [-0.3, -0.25) is 4.68 Å². The molecule has 0 radical (unpaired) electrons. The standard InChI is InChI=1S/C12H13ClIN3/c1-8-11(12(13)17(2)16-8)7-15-10-5-3-4-9(14)6-10/h3-6,15H,7H2,1-2H3. The maximum atomic E-state index is 6.17. The Kier molecular flexibility index (Phi) is 3.93. The van der Waals surface area contributed by atoms with Crippen molar-refractivity contribution in [1.82, 2.24) is 9.78 Å². The van der Waals surface area contributed by atoms with Gasteiger partial charge in [0.2, 0.25) is 0 Å². The van der Waals surface area contributed by atoms with Crippen LogP contribution in [0.15, 0.2) is 24.3 Å². The van der Waals surface area contributed by atoms with E-state index < -0.39 is 0 Å². The maximum Gasteiger partial charge on any atom is 0.131 e. The Labute approximate surface area is 119 Å². The molecule has 1 N–H and O–H groups in total. The number of hydrogen-bond acceptors (Lipinski definition) is 2. The Bertz CT molecular complexity index is 537. The summed E-state index contributed by atoms with van der Waals surface area (Å²) in [6.07, 6.45) is 0. The van der Waals surface area contributed by atoms with E-state index in [1.54, 1.807) is 4.68 Å². The van der Waals surface area contributed by atoms with E-state index in [1.165, 1.54) is 3.57 Å². The van der Waals surface area contributed by atoms with Crippen molar-refractivity contribution in [3.63, 3.8) is 0 Å². The largest absolute Gasteiger partial charge is 0.381 e. The van der Waals surface area contributed by atoms with E-state index >= 15 is 0 Å². The van der Waals surface area contributed by atoms with Crippen LogP contribution < -0.4 is 5.32 Å². The number of halogens is 2. The van der Waals surface area contributed by atoms with E-state index in [2.05, 4.69) is 45.1 Å². The maximum absolute atomic E-state index is 6.17. The zero-order valence-electron chi connectivity index (χ0n) is 9.67. The third kappa shape index (κ3) is 2.93. The van der Waals surface area contributed by atoms with Gasteiger partial charge in [0.05, 0.1) is 5.69 Å². The fraction of sp³-hybridized carbons (Fsp3) is 0.250. The summed E-state index contributed by atoms with van der Waals surface area (Å²) in [5.74, 6) is 0. The molecular weight excluding hydrogens is 349 g/mol.